The highest BCUT2D eigenvalue weighted by Gasteiger charge is 2.46. The van der Waals surface area contributed by atoms with Gasteiger partial charge in [-0.2, -0.15) is 0 Å². The van der Waals surface area contributed by atoms with Crippen LogP contribution in [0.5, 0.6) is 0 Å². The zero-order valence-corrected chi connectivity index (χ0v) is 9.97. The fraction of sp³-hybridized carbons (Fsp3) is 0.500. The van der Waals surface area contributed by atoms with Crippen molar-refractivity contribution in [3.63, 3.8) is 0 Å². The first-order valence-corrected chi connectivity index (χ1v) is 6.38. The van der Waals surface area contributed by atoms with Gasteiger partial charge in [0.05, 0.1) is 0 Å². The first-order chi connectivity index (χ1) is 6.48. The third-order valence-corrected chi connectivity index (χ3v) is 5.50. The maximum Gasteiger partial charge on any atom is 0.366 e. The van der Waals surface area contributed by atoms with Crippen LogP contribution in [-0.4, -0.2) is 19.3 Å². The van der Waals surface area contributed by atoms with Crippen LogP contribution < -0.4 is 0 Å². The van der Waals surface area contributed by atoms with Gasteiger partial charge in [0.15, 0.2) is 5.34 Å². The quantitative estimate of drug-likeness (QED) is 0.815. The third kappa shape index (κ3) is 1.78. The summed E-state index contributed by atoms with van der Waals surface area (Å²) in [5.41, 5.74) is 0. The molecule has 1 N–H and O–H groups in total. The van der Waals surface area contributed by atoms with Crippen LogP contribution in [0.3, 0.4) is 0 Å². The Morgan fingerprint density at radius 3 is 2.43 bits per heavy atom. The van der Waals surface area contributed by atoms with Crippen molar-refractivity contribution in [1.29, 1.82) is 0 Å². The third-order valence-electron chi connectivity index (χ3n) is 2.00. The smallest absolute Gasteiger partial charge is 0.366 e. The predicted molar refractivity (Wildman–Crippen MR) is 55.5 cm³/mol. The van der Waals surface area contributed by atoms with Gasteiger partial charge in [0.1, 0.15) is 0 Å². The van der Waals surface area contributed by atoms with E-state index >= 15 is 0 Å². The van der Waals surface area contributed by atoms with E-state index < -0.39 is 12.9 Å². The average Bonchev–Trinajstić information content (AvgIpc) is 2.69. The lowest BCUT2D eigenvalue weighted by Crippen LogP contribution is -2.21. The van der Waals surface area contributed by atoms with Crippen LogP contribution in [0.1, 0.15) is 11.8 Å². The highest BCUT2D eigenvalue weighted by atomic mass is 32.1. The molecule has 0 aliphatic heterocycles. The minimum atomic E-state index is -3.51. The Labute approximate surface area is 87.0 Å². The molecule has 1 heterocycles. The molecule has 14 heavy (non-hydrogen) atoms. The second-order valence-electron chi connectivity index (χ2n) is 2.86. The lowest BCUT2D eigenvalue weighted by atomic mass is 10.3. The fourth-order valence-corrected chi connectivity index (χ4v) is 3.50. The molecule has 0 saturated carbocycles. The van der Waals surface area contributed by atoms with Crippen molar-refractivity contribution in [2.24, 2.45) is 0 Å². The molecule has 0 radical (unpaired) electrons. The molecule has 0 aliphatic carbocycles. The molecule has 1 rings (SSSR count). The van der Waals surface area contributed by atoms with E-state index in [4.69, 9.17) is 9.05 Å². The normalized spacial score (nSPS) is 16.6. The van der Waals surface area contributed by atoms with Gasteiger partial charge in [0.25, 0.3) is 0 Å². The molecule has 0 amide bonds. The first-order valence-electron chi connectivity index (χ1n) is 3.96. The molecule has 0 bridgehead atoms. The van der Waals surface area contributed by atoms with Crippen LogP contribution in [0.2, 0.25) is 0 Å². The van der Waals surface area contributed by atoms with Crippen molar-refractivity contribution in [3.8, 4) is 0 Å². The van der Waals surface area contributed by atoms with E-state index in [9.17, 15) is 9.67 Å². The summed E-state index contributed by atoms with van der Waals surface area (Å²) >= 11 is 1.31. The van der Waals surface area contributed by atoms with Crippen LogP contribution in [0, 0.1) is 0 Å². The van der Waals surface area contributed by atoms with Crippen molar-refractivity contribution in [3.05, 3.63) is 22.4 Å². The van der Waals surface area contributed by atoms with Crippen LogP contribution >= 0.6 is 18.9 Å². The molecule has 1 atom stereocenters. The Hall–Kier alpha value is -0.190. The van der Waals surface area contributed by atoms with E-state index in [-0.39, 0.29) is 0 Å². The second kappa shape index (κ2) is 4.13. The molecule has 0 spiro atoms. The van der Waals surface area contributed by atoms with Crippen molar-refractivity contribution >= 4 is 18.9 Å². The standard InChI is InChI=1S/C8H13O4PS/c1-8(9,7-5-4-6-14-7)13(10,11-2)12-3/h4-6,9H,1-3H3/t8-/m0/s1. The van der Waals surface area contributed by atoms with Gasteiger partial charge in [-0.25, -0.2) is 0 Å². The largest absolute Gasteiger partial charge is 0.373 e. The number of rotatable bonds is 4. The molecular formula is C8H13O4PS. The molecule has 0 unspecified atom stereocenters. The maximum atomic E-state index is 12.0. The van der Waals surface area contributed by atoms with Gasteiger partial charge in [-0.05, 0) is 18.4 Å². The Morgan fingerprint density at radius 1 is 1.50 bits per heavy atom. The summed E-state index contributed by atoms with van der Waals surface area (Å²) in [7, 11) is -0.994. The molecule has 6 heteroatoms. The van der Waals surface area contributed by atoms with Gasteiger partial charge < -0.3 is 14.2 Å². The van der Waals surface area contributed by atoms with Crippen molar-refractivity contribution < 1.29 is 18.7 Å². The summed E-state index contributed by atoms with van der Waals surface area (Å²) in [6.07, 6.45) is 0. The Morgan fingerprint density at radius 2 is 2.07 bits per heavy atom. The monoisotopic (exact) mass is 236 g/mol. The van der Waals surface area contributed by atoms with Crippen LogP contribution in [0.4, 0.5) is 0 Å². The molecule has 0 fully saturated rings. The molecule has 0 saturated heterocycles. The Bertz CT molecular complexity index is 325. The zero-order valence-electron chi connectivity index (χ0n) is 8.26. The van der Waals surface area contributed by atoms with Crippen LogP contribution in [0.15, 0.2) is 17.5 Å². The van der Waals surface area contributed by atoms with Gasteiger partial charge in [0.2, 0.25) is 0 Å². The van der Waals surface area contributed by atoms with E-state index in [1.165, 1.54) is 32.5 Å². The highest BCUT2D eigenvalue weighted by Crippen LogP contribution is 2.62. The summed E-state index contributed by atoms with van der Waals surface area (Å²) in [4.78, 5) is 0.560. The molecule has 0 aromatic carbocycles. The average molecular weight is 236 g/mol. The summed E-state index contributed by atoms with van der Waals surface area (Å²) in [5, 5.41) is 10.3. The van der Waals surface area contributed by atoms with Crippen LogP contribution in [-0.2, 0) is 19.0 Å². The summed E-state index contributed by atoms with van der Waals surface area (Å²) < 4.78 is 21.5. The zero-order chi connectivity index (χ0) is 10.8. The van der Waals surface area contributed by atoms with Gasteiger partial charge in [0, 0.05) is 19.1 Å². The molecule has 80 valence electrons. The van der Waals surface area contributed by atoms with Gasteiger partial charge in [-0.1, -0.05) is 6.07 Å². The van der Waals surface area contributed by atoms with E-state index in [0.29, 0.717) is 4.88 Å². The second-order valence-corrected chi connectivity index (χ2v) is 6.40. The number of hydrogen-bond donors (Lipinski definition) is 1. The lowest BCUT2D eigenvalue weighted by molar-refractivity contribution is 0.0962. The van der Waals surface area contributed by atoms with E-state index in [0.717, 1.165) is 0 Å². The van der Waals surface area contributed by atoms with E-state index in [2.05, 4.69) is 0 Å². The Balaban J connectivity index is 3.12. The predicted octanol–water partition coefficient (Wildman–Crippen LogP) is 2.40. The summed E-state index contributed by atoms with van der Waals surface area (Å²) in [6.45, 7) is 1.42. The van der Waals surface area contributed by atoms with Gasteiger partial charge in [-0.3, -0.25) is 4.57 Å². The minimum Gasteiger partial charge on any atom is -0.373 e. The molecule has 1 aromatic heterocycles. The summed E-state index contributed by atoms with van der Waals surface area (Å²) in [5.74, 6) is 0. The molecule has 0 aliphatic rings. The van der Waals surface area contributed by atoms with Gasteiger partial charge >= 0.3 is 7.60 Å². The van der Waals surface area contributed by atoms with E-state index in [1.54, 1.807) is 17.5 Å². The topological polar surface area (TPSA) is 55.8 Å². The molecule has 1 aromatic rings. The van der Waals surface area contributed by atoms with E-state index in [1.807, 2.05) is 0 Å². The Kier molecular flexibility index (Phi) is 3.50. The SMILES string of the molecule is COP(=O)(OC)[C@](C)(O)c1cccs1. The summed E-state index contributed by atoms with van der Waals surface area (Å²) in [6, 6.07) is 3.46. The number of hydrogen-bond acceptors (Lipinski definition) is 5. The first kappa shape index (κ1) is 11.9. The molecular weight excluding hydrogens is 223 g/mol. The number of aliphatic hydroxyl groups is 1. The highest BCUT2D eigenvalue weighted by molar-refractivity contribution is 7.55. The minimum absolute atomic E-state index is 0.560. The fourth-order valence-electron chi connectivity index (χ4n) is 1.11. The molecule has 4 nitrogen and oxygen atoms in total. The van der Waals surface area contributed by atoms with Crippen molar-refractivity contribution in [2.75, 3.05) is 14.2 Å². The van der Waals surface area contributed by atoms with Gasteiger partial charge in [-0.15, -0.1) is 11.3 Å². The number of thiophene rings is 1. The van der Waals surface area contributed by atoms with Crippen molar-refractivity contribution in [2.45, 2.75) is 12.3 Å². The lowest BCUT2D eigenvalue weighted by Gasteiger charge is -2.28. The maximum absolute atomic E-state index is 12.0. The van der Waals surface area contributed by atoms with Crippen LogP contribution in [0.25, 0.3) is 0 Å². The van der Waals surface area contributed by atoms with Crippen molar-refractivity contribution in [1.82, 2.24) is 0 Å².